The Morgan fingerprint density at radius 1 is 1.23 bits per heavy atom. The van der Waals surface area contributed by atoms with Gasteiger partial charge < -0.3 is 35.9 Å². The van der Waals surface area contributed by atoms with Gasteiger partial charge in [0, 0.05) is 50.0 Å². The smallest absolute Gasteiger partial charge is 0.251 e. The molecule has 2 saturated heterocycles. The van der Waals surface area contributed by atoms with Crippen molar-refractivity contribution >= 4 is 29.6 Å². The van der Waals surface area contributed by atoms with Gasteiger partial charge in [0.1, 0.15) is 17.6 Å². The van der Waals surface area contributed by atoms with Crippen LogP contribution >= 0.6 is 0 Å². The van der Waals surface area contributed by atoms with Crippen molar-refractivity contribution in [2.24, 2.45) is 11.3 Å². The molecule has 0 bridgehead atoms. The fourth-order valence-corrected chi connectivity index (χ4v) is 6.70. The molecule has 0 spiro atoms. The van der Waals surface area contributed by atoms with Crippen LogP contribution in [0.1, 0.15) is 63.2 Å². The number of nitrogen functional groups attached to an aromatic ring is 1. The molecule has 5 atom stereocenters. The molecule has 39 heavy (non-hydrogen) atoms. The van der Waals surface area contributed by atoms with Crippen molar-refractivity contribution in [1.29, 1.82) is 10.8 Å². The molecule has 2 amide bonds. The molecule has 1 aliphatic carbocycles. The Bertz CT molecular complexity index is 1110. The van der Waals surface area contributed by atoms with Gasteiger partial charge in [-0.1, -0.05) is 0 Å². The number of hydrogen-bond donors (Lipinski definition) is 4. The maximum Gasteiger partial charge on any atom is 0.251 e. The molecule has 1 aromatic carbocycles. The minimum Gasteiger partial charge on any atom is -0.492 e. The number of carbonyl (C=O) groups is 2. The van der Waals surface area contributed by atoms with E-state index in [1.807, 2.05) is 20.8 Å². The van der Waals surface area contributed by atoms with Crippen molar-refractivity contribution in [1.82, 2.24) is 20.0 Å². The molecule has 214 valence electrons. The third-order valence-corrected chi connectivity index (χ3v) is 8.89. The van der Waals surface area contributed by atoms with E-state index in [9.17, 15) is 9.59 Å². The Balaban J connectivity index is 1.43. The number of rotatable bonds is 7. The molecular formula is C29H45N7O3. The van der Waals surface area contributed by atoms with Gasteiger partial charge in [0.25, 0.3) is 5.91 Å². The summed E-state index contributed by atoms with van der Waals surface area (Å²) in [7, 11) is 3.86. The number of piperidine rings is 1. The maximum atomic E-state index is 13.1. The van der Waals surface area contributed by atoms with Crippen LogP contribution in [0.5, 0.6) is 5.75 Å². The molecule has 10 nitrogen and oxygen atoms in total. The second-order valence-electron chi connectivity index (χ2n) is 12.1. The summed E-state index contributed by atoms with van der Waals surface area (Å²) in [6.07, 6.45) is 5.91. The highest BCUT2D eigenvalue weighted by Gasteiger charge is 2.46. The summed E-state index contributed by atoms with van der Waals surface area (Å²) in [5, 5.41) is 20.1. The van der Waals surface area contributed by atoms with Crippen LogP contribution in [-0.4, -0.2) is 96.5 Å². The SMILES string of the molecule is CCOc1cc(C(=O)NC2CCN(C)C(C3CCC(N4CC(C)(C)C(=O)N(C)C(C=N)C4=N)C3)C2)ccc1N. The van der Waals surface area contributed by atoms with Gasteiger partial charge in [0.2, 0.25) is 5.91 Å². The highest BCUT2D eigenvalue weighted by atomic mass is 16.5. The molecule has 2 heterocycles. The molecule has 3 aliphatic rings. The van der Waals surface area contributed by atoms with Crippen LogP contribution in [-0.2, 0) is 4.79 Å². The van der Waals surface area contributed by atoms with Gasteiger partial charge in [-0.15, -0.1) is 0 Å². The summed E-state index contributed by atoms with van der Waals surface area (Å²) in [6, 6.07) is 5.11. The number of nitrogens with zero attached hydrogens (tertiary/aromatic N) is 3. The second kappa shape index (κ2) is 11.5. The average molecular weight is 540 g/mol. The predicted octanol–water partition coefficient (Wildman–Crippen LogP) is 2.82. The third kappa shape index (κ3) is 5.90. The molecule has 5 N–H and O–H groups in total. The summed E-state index contributed by atoms with van der Waals surface area (Å²) < 4.78 is 5.57. The number of likely N-dealkylation sites (N-methyl/N-ethyl adjacent to an activating group) is 1. The Morgan fingerprint density at radius 3 is 2.67 bits per heavy atom. The van der Waals surface area contributed by atoms with Gasteiger partial charge in [0.15, 0.2) is 0 Å². The lowest BCUT2D eigenvalue weighted by atomic mass is 9.86. The maximum absolute atomic E-state index is 13.1. The number of nitrogens with one attached hydrogen (secondary N) is 3. The van der Waals surface area contributed by atoms with Crippen molar-refractivity contribution in [2.45, 2.75) is 77.0 Å². The highest BCUT2D eigenvalue weighted by Crippen LogP contribution is 2.39. The number of ether oxygens (including phenoxy) is 1. The number of carbonyl (C=O) groups excluding carboxylic acids is 2. The van der Waals surface area contributed by atoms with Gasteiger partial charge in [-0.3, -0.25) is 15.0 Å². The Morgan fingerprint density at radius 2 is 1.97 bits per heavy atom. The van der Waals surface area contributed by atoms with E-state index in [2.05, 4.69) is 22.2 Å². The van der Waals surface area contributed by atoms with Gasteiger partial charge in [-0.2, -0.15) is 0 Å². The van der Waals surface area contributed by atoms with E-state index in [4.69, 9.17) is 21.3 Å². The minimum atomic E-state index is -0.633. The highest BCUT2D eigenvalue weighted by molar-refractivity contribution is 6.04. The molecule has 5 unspecified atom stereocenters. The minimum absolute atomic E-state index is 0.0297. The van der Waals surface area contributed by atoms with Crippen molar-refractivity contribution in [2.75, 3.05) is 39.5 Å². The number of amides is 2. The average Bonchev–Trinajstić information content (AvgIpc) is 3.37. The number of amidine groups is 1. The lowest BCUT2D eigenvalue weighted by molar-refractivity contribution is -0.138. The van der Waals surface area contributed by atoms with Crippen LogP contribution in [0, 0.1) is 22.2 Å². The second-order valence-corrected chi connectivity index (χ2v) is 12.1. The quantitative estimate of drug-likeness (QED) is 0.310. The van der Waals surface area contributed by atoms with Gasteiger partial charge in [-0.05, 0) is 84.0 Å². The standard InChI is InChI=1S/C29H45N7O3/c1-6-39-25-14-19(8-10-22(25)31)27(37)33-20-11-12-34(4)23(15-20)18-7-9-21(13-18)36-17-29(2,3)28(38)35(5)24(16-30)26(36)32/h8,10,14,16,18,20-21,23-24,30,32H,6-7,9,11-13,15,17,31H2,1-5H3,(H,33,37). The number of benzene rings is 1. The Labute approximate surface area is 232 Å². The molecular weight excluding hydrogens is 494 g/mol. The van der Waals surface area contributed by atoms with E-state index < -0.39 is 11.5 Å². The normalized spacial score (nSPS) is 29.7. The lowest BCUT2D eigenvalue weighted by Crippen LogP contribution is -2.51. The Kier molecular flexibility index (Phi) is 8.54. The van der Waals surface area contributed by atoms with Crippen LogP contribution in [0.15, 0.2) is 18.2 Å². The number of nitrogens with two attached hydrogens (primary N) is 1. The Hall–Kier alpha value is -3.14. The molecule has 0 radical (unpaired) electrons. The largest absolute Gasteiger partial charge is 0.492 e. The van der Waals surface area contributed by atoms with Gasteiger partial charge >= 0.3 is 0 Å². The fourth-order valence-electron chi connectivity index (χ4n) is 6.70. The molecule has 1 saturated carbocycles. The van der Waals surface area contributed by atoms with Crippen molar-refractivity contribution in [3.63, 3.8) is 0 Å². The number of likely N-dealkylation sites (tertiary alicyclic amines) is 1. The summed E-state index contributed by atoms with van der Waals surface area (Å²) >= 11 is 0. The first-order chi connectivity index (χ1) is 18.5. The zero-order valence-electron chi connectivity index (χ0n) is 24.0. The summed E-state index contributed by atoms with van der Waals surface area (Å²) in [4.78, 5) is 32.2. The van der Waals surface area contributed by atoms with E-state index in [1.54, 1.807) is 30.1 Å². The van der Waals surface area contributed by atoms with E-state index in [0.29, 0.717) is 47.9 Å². The van der Waals surface area contributed by atoms with Crippen LogP contribution in [0.25, 0.3) is 0 Å². The fraction of sp³-hybridized carbons (Fsp3) is 0.655. The zero-order valence-corrected chi connectivity index (χ0v) is 24.0. The monoisotopic (exact) mass is 539 g/mol. The summed E-state index contributed by atoms with van der Waals surface area (Å²) in [5.41, 5.74) is 6.42. The van der Waals surface area contributed by atoms with Crippen LogP contribution in [0.4, 0.5) is 5.69 Å². The van der Waals surface area contributed by atoms with E-state index in [1.165, 1.54) is 6.21 Å². The van der Waals surface area contributed by atoms with E-state index in [0.717, 1.165) is 38.6 Å². The zero-order chi connectivity index (χ0) is 28.5. The first kappa shape index (κ1) is 28.9. The van der Waals surface area contributed by atoms with Crippen LogP contribution < -0.4 is 15.8 Å². The molecule has 3 fully saturated rings. The van der Waals surface area contributed by atoms with E-state index >= 15 is 0 Å². The first-order valence-electron chi connectivity index (χ1n) is 14.1. The molecule has 1 aromatic rings. The number of hydrogen-bond acceptors (Lipinski definition) is 7. The van der Waals surface area contributed by atoms with Gasteiger partial charge in [-0.25, -0.2) is 0 Å². The summed E-state index contributed by atoms with van der Waals surface area (Å²) in [6.45, 7) is 7.64. The van der Waals surface area contributed by atoms with Crippen molar-refractivity contribution < 1.29 is 14.3 Å². The molecule has 4 rings (SSSR count). The van der Waals surface area contributed by atoms with E-state index in [-0.39, 0.29) is 23.9 Å². The summed E-state index contributed by atoms with van der Waals surface area (Å²) in [5.74, 6) is 1.17. The van der Waals surface area contributed by atoms with Gasteiger partial charge in [0.05, 0.1) is 17.7 Å². The van der Waals surface area contributed by atoms with Crippen molar-refractivity contribution in [3.8, 4) is 5.75 Å². The molecule has 0 aromatic heterocycles. The van der Waals surface area contributed by atoms with Crippen LogP contribution in [0.3, 0.4) is 0 Å². The third-order valence-electron chi connectivity index (χ3n) is 8.89. The molecule has 10 heteroatoms. The molecule has 2 aliphatic heterocycles. The van der Waals surface area contributed by atoms with Crippen molar-refractivity contribution in [3.05, 3.63) is 23.8 Å². The van der Waals surface area contributed by atoms with Crippen LogP contribution in [0.2, 0.25) is 0 Å². The topological polar surface area (TPSA) is 139 Å². The lowest BCUT2D eigenvalue weighted by Gasteiger charge is -2.41. The first-order valence-corrected chi connectivity index (χ1v) is 14.1. The predicted molar refractivity (Wildman–Crippen MR) is 154 cm³/mol. The number of anilines is 1.